The SMILES string of the molecule is CC(=O)c1ccc(N2CCN(C(=O)c3ccc(OC4CCOCC4)nc3)CC2)cc1. The van der Waals surface area contributed by atoms with Crippen LogP contribution in [0.4, 0.5) is 5.69 Å². The fourth-order valence-corrected chi connectivity index (χ4v) is 3.80. The molecular weight excluding hydrogens is 382 g/mol. The highest BCUT2D eigenvalue weighted by Crippen LogP contribution is 2.20. The van der Waals surface area contributed by atoms with Gasteiger partial charge >= 0.3 is 0 Å². The molecule has 0 N–H and O–H groups in total. The van der Waals surface area contributed by atoms with Crippen molar-refractivity contribution in [1.29, 1.82) is 0 Å². The van der Waals surface area contributed by atoms with Gasteiger partial charge in [-0.1, -0.05) is 0 Å². The predicted molar refractivity (Wildman–Crippen MR) is 113 cm³/mol. The molecule has 2 aliphatic rings. The standard InChI is InChI=1S/C23H27N3O4/c1-17(27)18-2-5-20(6-3-18)25-10-12-26(13-11-25)23(28)19-4-7-22(24-16-19)30-21-8-14-29-15-9-21/h2-7,16,21H,8-15H2,1H3. The Kier molecular flexibility index (Phi) is 6.28. The number of rotatable bonds is 5. The highest BCUT2D eigenvalue weighted by Gasteiger charge is 2.23. The lowest BCUT2D eigenvalue weighted by atomic mass is 10.1. The molecule has 2 aliphatic heterocycles. The van der Waals surface area contributed by atoms with Gasteiger partial charge in [-0.15, -0.1) is 0 Å². The van der Waals surface area contributed by atoms with Gasteiger partial charge in [0.15, 0.2) is 5.78 Å². The molecule has 0 bridgehead atoms. The lowest BCUT2D eigenvalue weighted by Gasteiger charge is -2.36. The van der Waals surface area contributed by atoms with Gasteiger partial charge in [0.1, 0.15) is 6.10 Å². The molecule has 1 amide bonds. The van der Waals surface area contributed by atoms with Crippen molar-refractivity contribution in [2.75, 3.05) is 44.3 Å². The van der Waals surface area contributed by atoms with Crippen molar-refractivity contribution in [2.24, 2.45) is 0 Å². The Hall–Kier alpha value is -2.93. The number of benzene rings is 1. The van der Waals surface area contributed by atoms with Crippen LogP contribution in [-0.4, -0.2) is 67.1 Å². The van der Waals surface area contributed by atoms with Crippen molar-refractivity contribution < 1.29 is 19.1 Å². The number of pyridine rings is 1. The van der Waals surface area contributed by atoms with E-state index in [1.807, 2.05) is 29.2 Å². The number of amides is 1. The van der Waals surface area contributed by atoms with Crippen LogP contribution < -0.4 is 9.64 Å². The minimum Gasteiger partial charge on any atom is -0.474 e. The average molecular weight is 409 g/mol. The normalized spacial score (nSPS) is 17.6. The lowest BCUT2D eigenvalue weighted by Crippen LogP contribution is -2.48. The third-order valence-electron chi connectivity index (χ3n) is 5.64. The predicted octanol–water partition coefficient (Wildman–Crippen LogP) is 2.80. The number of Topliss-reactive ketones (excluding diaryl/α,β-unsaturated/α-hetero) is 1. The average Bonchev–Trinajstić information content (AvgIpc) is 2.80. The Morgan fingerprint density at radius 2 is 1.63 bits per heavy atom. The highest BCUT2D eigenvalue weighted by atomic mass is 16.5. The molecule has 30 heavy (non-hydrogen) atoms. The Morgan fingerprint density at radius 1 is 0.967 bits per heavy atom. The summed E-state index contributed by atoms with van der Waals surface area (Å²) in [4.78, 5) is 32.7. The quantitative estimate of drug-likeness (QED) is 0.707. The van der Waals surface area contributed by atoms with Crippen molar-refractivity contribution >= 4 is 17.4 Å². The van der Waals surface area contributed by atoms with Crippen LogP contribution in [0.15, 0.2) is 42.6 Å². The Morgan fingerprint density at radius 3 is 2.23 bits per heavy atom. The molecule has 0 radical (unpaired) electrons. The summed E-state index contributed by atoms with van der Waals surface area (Å²) < 4.78 is 11.2. The molecule has 7 nitrogen and oxygen atoms in total. The molecule has 7 heteroatoms. The van der Waals surface area contributed by atoms with Crippen molar-refractivity contribution in [2.45, 2.75) is 25.9 Å². The molecule has 0 spiro atoms. The zero-order chi connectivity index (χ0) is 20.9. The summed E-state index contributed by atoms with van der Waals surface area (Å²) in [6.45, 7) is 5.80. The van der Waals surface area contributed by atoms with Gasteiger partial charge in [-0.05, 0) is 37.3 Å². The Balaban J connectivity index is 1.30. The van der Waals surface area contributed by atoms with Gasteiger partial charge in [0.2, 0.25) is 5.88 Å². The smallest absolute Gasteiger partial charge is 0.255 e. The van der Waals surface area contributed by atoms with Gasteiger partial charge in [0.25, 0.3) is 5.91 Å². The highest BCUT2D eigenvalue weighted by molar-refractivity contribution is 5.95. The van der Waals surface area contributed by atoms with E-state index in [0.717, 1.165) is 31.6 Å². The van der Waals surface area contributed by atoms with Crippen molar-refractivity contribution in [3.05, 3.63) is 53.7 Å². The van der Waals surface area contributed by atoms with E-state index in [1.54, 1.807) is 25.3 Å². The van der Waals surface area contributed by atoms with E-state index in [9.17, 15) is 9.59 Å². The number of carbonyl (C=O) groups excluding carboxylic acids is 2. The van der Waals surface area contributed by atoms with Crippen molar-refractivity contribution in [1.82, 2.24) is 9.88 Å². The zero-order valence-electron chi connectivity index (χ0n) is 17.3. The van der Waals surface area contributed by atoms with E-state index in [1.165, 1.54) is 0 Å². The largest absolute Gasteiger partial charge is 0.474 e. The summed E-state index contributed by atoms with van der Waals surface area (Å²) >= 11 is 0. The number of ether oxygens (including phenoxy) is 2. The van der Waals surface area contributed by atoms with Gasteiger partial charge in [-0.3, -0.25) is 9.59 Å². The first-order chi connectivity index (χ1) is 14.6. The van der Waals surface area contributed by atoms with E-state index in [2.05, 4.69) is 9.88 Å². The summed E-state index contributed by atoms with van der Waals surface area (Å²) in [5.74, 6) is 0.610. The van der Waals surface area contributed by atoms with Crippen LogP contribution in [0.2, 0.25) is 0 Å². The topological polar surface area (TPSA) is 72.0 Å². The second kappa shape index (κ2) is 9.26. The van der Waals surface area contributed by atoms with E-state index in [-0.39, 0.29) is 17.8 Å². The summed E-state index contributed by atoms with van der Waals surface area (Å²) in [7, 11) is 0. The molecule has 2 aromatic rings. The minimum absolute atomic E-state index is 0.00769. The molecule has 0 saturated carbocycles. The molecular formula is C23H27N3O4. The van der Waals surface area contributed by atoms with Gasteiger partial charge in [-0.25, -0.2) is 4.98 Å². The molecule has 2 fully saturated rings. The molecule has 4 rings (SSSR count). The summed E-state index contributed by atoms with van der Waals surface area (Å²) in [6, 6.07) is 11.2. The van der Waals surface area contributed by atoms with E-state index < -0.39 is 0 Å². The molecule has 1 aromatic heterocycles. The fraction of sp³-hybridized carbons (Fsp3) is 0.435. The van der Waals surface area contributed by atoms with Crippen molar-refractivity contribution in [3.63, 3.8) is 0 Å². The van der Waals surface area contributed by atoms with Crippen LogP contribution in [0.5, 0.6) is 5.88 Å². The molecule has 3 heterocycles. The Labute approximate surface area is 176 Å². The summed E-state index contributed by atoms with van der Waals surface area (Å²) in [6.07, 6.45) is 3.46. The fourth-order valence-electron chi connectivity index (χ4n) is 3.80. The van der Waals surface area contributed by atoms with Gasteiger partial charge in [0.05, 0.1) is 18.8 Å². The molecule has 1 aromatic carbocycles. The summed E-state index contributed by atoms with van der Waals surface area (Å²) in [5, 5.41) is 0. The van der Waals surface area contributed by atoms with E-state index in [4.69, 9.17) is 9.47 Å². The number of carbonyl (C=O) groups is 2. The molecule has 0 aliphatic carbocycles. The van der Waals surface area contributed by atoms with Crippen LogP contribution in [0.1, 0.15) is 40.5 Å². The van der Waals surface area contributed by atoms with E-state index >= 15 is 0 Å². The first-order valence-corrected chi connectivity index (χ1v) is 10.5. The maximum absolute atomic E-state index is 12.8. The van der Waals surface area contributed by atoms with Crippen LogP contribution in [0.3, 0.4) is 0 Å². The first kappa shape index (κ1) is 20.3. The second-order valence-corrected chi connectivity index (χ2v) is 7.70. The van der Waals surface area contributed by atoms with Crippen LogP contribution in [-0.2, 0) is 4.74 Å². The third kappa shape index (κ3) is 4.79. The number of ketones is 1. The van der Waals surface area contributed by atoms with Crippen LogP contribution in [0, 0.1) is 0 Å². The van der Waals surface area contributed by atoms with Gasteiger partial charge < -0.3 is 19.3 Å². The number of hydrogen-bond donors (Lipinski definition) is 0. The molecule has 158 valence electrons. The Bertz CT molecular complexity index is 868. The zero-order valence-corrected chi connectivity index (χ0v) is 17.3. The number of aromatic nitrogens is 1. The number of anilines is 1. The summed E-state index contributed by atoms with van der Waals surface area (Å²) in [5.41, 5.74) is 2.36. The molecule has 2 saturated heterocycles. The molecule has 0 atom stereocenters. The van der Waals surface area contributed by atoms with Crippen LogP contribution >= 0.6 is 0 Å². The molecule has 0 unspecified atom stereocenters. The maximum Gasteiger partial charge on any atom is 0.255 e. The van der Waals surface area contributed by atoms with Crippen molar-refractivity contribution in [3.8, 4) is 5.88 Å². The van der Waals surface area contributed by atoms with Gasteiger partial charge in [-0.2, -0.15) is 0 Å². The maximum atomic E-state index is 12.8. The minimum atomic E-state index is -0.00769. The number of nitrogens with zero attached hydrogens (tertiary/aromatic N) is 3. The number of hydrogen-bond acceptors (Lipinski definition) is 6. The second-order valence-electron chi connectivity index (χ2n) is 7.70. The first-order valence-electron chi connectivity index (χ1n) is 10.5. The third-order valence-corrected chi connectivity index (χ3v) is 5.64. The number of piperazine rings is 1. The van der Waals surface area contributed by atoms with Crippen LogP contribution in [0.25, 0.3) is 0 Å². The van der Waals surface area contributed by atoms with E-state index in [0.29, 0.717) is 43.3 Å². The van der Waals surface area contributed by atoms with Gasteiger partial charge in [0, 0.05) is 62.5 Å². The monoisotopic (exact) mass is 409 g/mol. The lowest BCUT2D eigenvalue weighted by molar-refractivity contribution is 0.0237.